The Labute approximate surface area is 169 Å². The van der Waals surface area contributed by atoms with Gasteiger partial charge in [0, 0.05) is 29.6 Å². The number of aromatic nitrogens is 1. The third-order valence-corrected chi connectivity index (χ3v) is 6.63. The SMILES string of the molecule is CCC[C@@H]1c2ccc(C(F)(F)F)cc2C(C)c2cc3c(n21)C(CC(O)O)CCC3. The average Bonchev–Trinajstić information content (AvgIpc) is 3.04. The zero-order valence-electron chi connectivity index (χ0n) is 16.8. The first-order valence-electron chi connectivity index (χ1n) is 10.5. The highest BCUT2D eigenvalue weighted by atomic mass is 19.4. The summed E-state index contributed by atoms with van der Waals surface area (Å²) < 4.78 is 42.3. The van der Waals surface area contributed by atoms with Crippen LogP contribution in [0.4, 0.5) is 13.2 Å². The normalized spacial score (nSPS) is 23.7. The number of alkyl halides is 3. The van der Waals surface area contributed by atoms with Crippen molar-refractivity contribution in [2.75, 3.05) is 0 Å². The van der Waals surface area contributed by atoms with E-state index in [0.717, 1.165) is 54.6 Å². The highest BCUT2D eigenvalue weighted by Crippen LogP contribution is 2.48. The van der Waals surface area contributed by atoms with Gasteiger partial charge in [0.15, 0.2) is 6.29 Å². The molecule has 2 aliphatic rings. The van der Waals surface area contributed by atoms with Crippen molar-refractivity contribution in [3.05, 3.63) is 57.9 Å². The first kappa shape index (κ1) is 20.5. The van der Waals surface area contributed by atoms with Crippen LogP contribution in [0, 0.1) is 0 Å². The summed E-state index contributed by atoms with van der Waals surface area (Å²) in [5.74, 6) is -0.0687. The third-order valence-electron chi connectivity index (χ3n) is 6.63. The molecule has 6 heteroatoms. The van der Waals surface area contributed by atoms with Crippen LogP contribution >= 0.6 is 0 Å². The zero-order chi connectivity index (χ0) is 20.9. The van der Waals surface area contributed by atoms with Crippen LogP contribution in [0.2, 0.25) is 0 Å². The highest BCUT2D eigenvalue weighted by Gasteiger charge is 2.38. The summed E-state index contributed by atoms with van der Waals surface area (Å²) in [5.41, 5.74) is 4.57. The van der Waals surface area contributed by atoms with Gasteiger partial charge in [0.1, 0.15) is 0 Å². The Bertz CT molecular complexity index is 900. The summed E-state index contributed by atoms with van der Waals surface area (Å²) in [4.78, 5) is 0. The van der Waals surface area contributed by atoms with Crippen molar-refractivity contribution >= 4 is 0 Å². The molecule has 2 heterocycles. The number of rotatable bonds is 4. The van der Waals surface area contributed by atoms with E-state index in [0.29, 0.717) is 6.42 Å². The molecule has 3 atom stereocenters. The Balaban J connectivity index is 1.88. The molecule has 1 aromatic heterocycles. The minimum Gasteiger partial charge on any atom is -0.368 e. The van der Waals surface area contributed by atoms with Crippen LogP contribution in [-0.4, -0.2) is 21.1 Å². The predicted molar refractivity (Wildman–Crippen MR) is 105 cm³/mol. The molecule has 0 bridgehead atoms. The second-order valence-corrected chi connectivity index (χ2v) is 8.52. The monoisotopic (exact) mass is 407 g/mol. The summed E-state index contributed by atoms with van der Waals surface area (Å²) in [6, 6.07) is 6.32. The Morgan fingerprint density at radius 2 is 1.93 bits per heavy atom. The third kappa shape index (κ3) is 3.50. The van der Waals surface area contributed by atoms with E-state index >= 15 is 0 Å². The van der Waals surface area contributed by atoms with Gasteiger partial charge in [-0.2, -0.15) is 13.2 Å². The second-order valence-electron chi connectivity index (χ2n) is 8.52. The van der Waals surface area contributed by atoms with Gasteiger partial charge in [-0.15, -0.1) is 0 Å². The van der Waals surface area contributed by atoms with Gasteiger partial charge in [-0.1, -0.05) is 26.3 Å². The topological polar surface area (TPSA) is 45.4 Å². The number of hydrogen-bond donors (Lipinski definition) is 2. The van der Waals surface area contributed by atoms with Gasteiger partial charge in [-0.25, -0.2) is 0 Å². The fourth-order valence-electron chi connectivity index (χ4n) is 5.40. The minimum absolute atomic E-state index is 0.0105. The number of nitrogens with zero attached hydrogens (tertiary/aromatic N) is 1. The zero-order valence-corrected chi connectivity index (χ0v) is 16.8. The van der Waals surface area contributed by atoms with Crippen LogP contribution < -0.4 is 0 Å². The fourth-order valence-corrected chi connectivity index (χ4v) is 5.40. The Morgan fingerprint density at radius 3 is 2.59 bits per heavy atom. The molecule has 2 aromatic rings. The molecular weight excluding hydrogens is 379 g/mol. The van der Waals surface area contributed by atoms with Gasteiger partial charge in [0.2, 0.25) is 0 Å². The average molecular weight is 407 g/mol. The van der Waals surface area contributed by atoms with Crippen LogP contribution in [0.15, 0.2) is 24.3 Å². The molecule has 0 saturated carbocycles. The maximum absolute atomic E-state index is 13.3. The number of fused-ring (bicyclic) bond motifs is 4. The molecule has 3 nitrogen and oxygen atoms in total. The molecule has 158 valence electrons. The first-order chi connectivity index (χ1) is 13.7. The Hall–Kier alpha value is -1.79. The van der Waals surface area contributed by atoms with Gasteiger partial charge in [0.05, 0.1) is 11.6 Å². The van der Waals surface area contributed by atoms with Crippen molar-refractivity contribution in [1.29, 1.82) is 0 Å². The molecule has 4 rings (SSSR count). The number of aryl methyl sites for hydroxylation is 1. The number of aliphatic hydroxyl groups excluding tert-OH is 1. The van der Waals surface area contributed by atoms with Crippen molar-refractivity contribution in [1.82, 2.24) is 4.57 Å². The highest BCUT2D eigenvalue weighted by molar-refractivity contribution is 5.49. The molecule has 1 aliphatic carbocycles. The van der Waals surface area contributed by atoms with E-state index in [1.54, 1.807) is 6.07 Å². The van der Waals surface area contributed by atoms with Crippen LogP contribution in [0.3, 0.4) is 0 Å². The number of aliphatic hydroxyl groups is 2. The Morgan fingerprint density at radius 1 is 1.17 bits per heavy atom. The quantitative estimate of drug-likeness (QED) is 0.659. The first-order valence-corrected chi connectivity index (χ1v) is 10.5. The largest absolute Gasteiger partial charge is 0.416 e. The summed E-state index contributed by atoms with van der Waals surface area (Å²) in [5, 5.41) is 19.2. The smallest absolute Gasteiger partial charge is 0.368 e. The number of benzene rings is 1. The lowest BCUT2D eigenvalue weighted by Crippen LogP contribution is -2.27. The van der Waals surface area contributed by atoms with E-state index in [1.165, 1.54) is 17.7 Å². The molecule has 0 fully saturated rings. The van der Waals surface area contributed by atoms with Crippen molar-refractivity contribution in [3.63, 3.8) is 0 Å². The molecule has 0 radical (unpaired) electrons. The van der Waals surface area contributed by atoms with Gasteiger partial charge >= 0.3 is 6.18 Å². The van der Waals surface area contributed by atoms with Gasteiger partial charge in [0.25, 0.3) is 0 Å². The fraction of sp³-hybridized carbons (Fsp3) is 0.565. The van der Waals surface area contributed by atoms with Gasteiger partial charge in [-0.3, -0.25) is 0 Å². The lowest BCUT2D eigenvalue weighted by atomic mass is 9.82. The maximum atomic E-state index is 13.3. The summed E-state index contributed by atoms with van der Waals surface area (Å²) in [6.45, 7) is 4.07. The van der Waals surface area contributed by atoms with Gasteiger partial charge in [-0.05, 0) is 60.6 Å². The van der Waals surface area contributed by atoms with Crippen LogP contribution in [-0.2, 0) is 12.6 Å². The minimum atomic E-state index is -4.35. The molecular formula is C23H28F3NO2. The number of hydrogen-bond acceptors (Lipinski definition) is 2. The van der Waals surface area contributed by atoms with E-state index in [1.807, 2.05) is 6.92 Å². The van der Waals surface area contributed by atoms with Crippen LogP contribution in [0.1, 0.15) is 97.5 Å². The molecule has 2 unspecified atom stereocenters. The summed E-state index contributed by atoms with van der Waals surface area (Å²) in [7, 11) is 0. The van der Waals surface area contributed by atoms with E-state index in [-0.39, 0.29) is 17.9 Å². The van der Waals surface area contributed by atoms with Crippen molar-refractivity contribution in [2.45, 2.75) is 82.7 Å². The van der Waals surface area contributed by atoms with Crippen molar-refractivity contribution < 1.29 is 23.4 Å². The summed E-state index contributed by atoms with van der Waals surface area (Å²) in [6.07, 6.45) is -0.827. The molecule has 1 aromatic carbocycles. The molecule has 0 saturated heterocycles. The van der Waals surface area contributed by atoms with Crippen LogP contribution in [0.25, 0.3) is 0 Å². The molecule has 2 N–H and O–H groups in total. The summed E-state index contributed by atoms with van der Waals surface area (Å²) >= 11 is 0. The lowest BCUT2D eigenvalue weighted by molar-refractivity contribution is -0.137. The molecule has 1 aliphatic heterocycles. The van der Waals surface area contributed by atoms with Crippen LogP contribution in [0.5, 0.6) is 0 Å². The van der Waals surface area contributed by atoms with E-state index < -0.39 is 18.0 Å². The van der Waals surface area contributed by atoms with Crippen molar-refractivity contribution in [3.8, 4) is 0 Å². The molecule has 0 amide bonds. The second kappa shape index (κ2) is 7.47. The standard InChI is InChI=1S/C23H28F3NO2/c1-3-5-19-17-9-8-16(23(24,25)26)12-18(17)13(2)20-10-14-6-4-7-15(11-21(28)29)22(14)27(19)20/h8-10,12-13,15,19,21,28-29H,3-7,11H2,1-2H3/t13?,15?,19-/m1/s1. The van der Waals surface area contributed by atoms with Gasteiger partial charge < -0.3 is 14.8 Å². The molecule has 29 heavy (non-hydrogen) atoms. The number of halogens is 3. The lowest BCUT2D eigenvalue weighted by Gasteiger charge is -2.37. The van der Waals surface area contributed by atoms with E-state index in [4.69, 9.17) is 0 Å². The van der Waals surface area contributed by atoms with E-state index in [2.05, 4.69) is 17.6 Å². The Kier molecular flexibility index (Phi) is 5.28. The van der Waals surface area contributed by atoms with Crippen molar-refractivity contribution in [2.24, 2.45) is 0 Å². The molecule has 0 spiro atoms. The predicted octanol–water partition coefficient (Wildman–Crippen LogP) is 5.48. The maximum Gasteiger partial charge on any atom is 0.416 e. The van der Waals surface area contributed by atoms with E-state index in [9.17, 15) is 23.4 Å².